The Bertz CT molecular complexity index is 360. The number of rotatable bonds is 6. The van der Waals surface area contributed by atoms with Crippen LogP contribution in [0, 0.1) is 11.7 Å². The minimum Gasteiger partial charge on any atom is -0.423 e. The summed E-state index contributed by atoms with van der Waals surface area (Å²) >= 11 is 1.74. The Kier molecular flexibility index (Phi) is 6.02. The Morgan fingerprint density at radius 2 is 2.06 bits per heavy atom. The highest BCUT2D eigenvalue weighted by molar-refractivity contribution is 7.98. The van der Waals surface area contributed by atoms with Gasteiger partial charge in [0.1, 0.15) is 5.82 Å². The minimum absolute atomic E-state index is 0.212. The van der Waals surface area contributed by atoms with Crippen LogP contribution >= 0.6 is 11.8 Å². The van der Waals surface area contributed by atoms with Crippen LogP contribution in [0.4, 0.5) is 4.39 Å². The maximum atomic E-state index is 13.2. The lowest BCUT2D eigenvalue weighted by Gasteiger charge is -2.09. The lowest BCUT2D eigenvalue weighted by atomic mass is 9.79. The average Bonchev–Trinajstić information content (AvgIpc) is 2.28. The summed E-state index contributed by atoms with van der Waals surface area (Å²) in [7, 11) is -1.61. The molecule has 0 aliphatic rings. The van der Waals surface area contributed by atoms with E-state index in [2.05, 4.69) is 13.8 Å². The van der Waals surface area contributed by atoms with Crippen molar-refractivity contribution in [3.63, 3.8) is 0 Å². The van der Waals surface area contributed by atoms with Crippen molar-refractivity contribution in [3.8, 4) is 0 Å². The standard InChI is InChI=1S/C12H18BFO2S/c1-3-9(2)7-17-8-10-4-11(13(15)16)6-12(14)5-10/h4-6,9,15-16H,3,7-8H2,1-2H3. The number of hydrogen-bond donors (Lipinski definition) is 2. The molecule has 1 aromatic carbocycles. The highest BCUT2D eigenvalue weighted by atomic mass is 32.2. The third kappa shape index (κ3) is 5.11. The zero-order chi connectivity index (χ0) is 12.8. The SMILES string of the molecule is CCC(C)CSCc1cc(F)cc(B(O)O)c1. The van der Waals surface area contributed by atoms with Crippen LogP contribution in [0.5, 0.6) is 0 Å². The van der Waals surface area contributed by atoms with E-state index in [1.165, 1.54) is 6.07 Å². The van der Waals surface area contributed by atoms with Crippen molar-refractivity contribution in [2.24, 2.45) is 5.92 Å². The molecular formula is C12H18BFO2S. The highest BCUT2D eigenvalue weighted by Crippen LogP contribution is 2.17. The molecule has 5 heteroatoms. The normalized spacial score (nSPS) is 12.5. The van der Waals surface area contributed by atoms with Gasteiger partial charge >= 0.3 is 7.12 Å². The Labute approximate surface area is 106 Å². The predicted molar refractivity (Wildman–Crippen MR) is 71.8 cm³/mol. The van der Waals surface area contributed by atoms with Crippen LogP contribution in [0.2, 0.25) is 0 Å². The maximum absolute atomic E-state index is 13.2. The van der Waals surface area contributed by atoms with Crippen LogP contribution in [0.15, 0.2) is 18.2 Å². The summed E-state index contributed by atoms with van der Waals surface area (Å²) in [5.74, 6) is 1.96. The van der Waals surface area contributed by atoms with Gasteiger partial charge in [-0.15, -0.1) is 0 Å². The van der Waals surface area contributed by atoms with Crippen LogP contribution in [-0.4, -0.2) is 22.9 Å². The van der Waals surface area contributed by atoms with Gasteiger partial charge < -0.3 is 10.0 Å². The second-order valence-corrected chi connectivity index (χ2v) is 5.33. The van der Waals surface area contributed by atoms with Gasteiger partial charge in [-0.3, -0.25) is 0 Å². The molecule has 0 bridgehead atoms. The van der Waals surface area contributed by atoms with E-state index < -0.39 is 12.9 Å². The van der Waals surface area contributed by atoms with E-state index in [4.69, 9.17) is 10.0 Å². The third-order valence-electron chi connectivity index (χ3n) is 2.65. The van der Waals surface area contributed by atoms with Crippen molar-refractivity contribution >= 4 is 24.3 Å². The smallest absolute Gasteiger partial charge is 0.423 e. The molecule has 1 unspecified atom stereocenters. The largest absolute Gasteiger partial charge is 0.488 e. The molecule has 2 N–H and O–H groups in total. The average molecular weight is 256 g/mol. The monoisotopic (exact) mass is 256 g/mol. The molecule has 1 atom stereocenters. The minimum atomic E-state index is -1.61. The van der Waals surface area contributed by atoms with Crippen molar-refractivity contribution in [3.05, 3.63) is 29.6 Å². The van der Waals surface area contributed by atoms with Crippen LogP contribution in [-0.2, 0) is 5.75 Å². The molecule has 17 heavy (non-hydrogen) atoms. The second-order valence-electron chi connectivity index (χ2n) is 4.30. The molecule has 0 saturated heterocycles. The fourth-order valence-corrected chi connectivity index (χ4v) is 2.56. The van der Waals surface area contributed by atoms with Gasteiger partial charge in [0.05, 0.1) is 0 Å². The number of halogens is 1. The first-order chi connectivity index (χ1) is 8.02. The van der Waals surface area contributed by atoms with Gasteiger partial charge in [-0.2, -0.15) is 11.8 Å². The van der Waals surface area contributed by atoms with Gasteiger partial charge in [-0.25, -0.2) is 4.39 Å². The molecule has 0 aliphatic carbocycles. The summed E-state index contributed by atoms with van der Waals surface area (Å²) in [4.78, 5) is 0. The van der Waals surface area contributed by atoms with E-state index in [0.29, 0.717) is 11.7 Å². The Balaban J connectivity index is 2.59. The first-order valence-electron chi connectivity index (χ1n) is 5.76. The van der Waals surface area contributed by atoms with Crippen molar-refractivity contribution in [1.29, 1.82) is 0 Å². The van der Waals surface area contributed by atoms with E-state index in [1.807, 2.05) is 0 Å². The van der Waals surface area contributed by atoms with Crippen molar-refractivity contribution < 1.29 is 14.4 Å². The summed E-state index contributed by atoms with van der Waals surface area (Å²) < 4.78 is 13.2. The summed E-state index contributed by atoms with van der Waals surface area (Å²) in [6.45, 7) is 4.33. The Hall–Kier alpha value is -0.515. The molecule has 94 valence electrons. The quantitative estimate of drug-likeness (QED) is 0.762. The van der Waals surface area contributed by atoms with Crippen molar-refractivity contribution in [2.75, 3.05) is 5.75 Å². The summed E-state index contributed by atoms with van der Waals surface area (Å²) in [5.41, 5.74) is 1.01. The zero-order valence-corrected chi connectivity index (χ0v) is 11.0. The fourth-order valence-electron chi connectivity index (χ4n) is 1.40. The van der Waals surface area contributed by atoms with E-state index in [-0.39, 0.29) is 5.46 Å². The molecule has 0 saturated carbocycles. The predicted octanol–water partition coefficient (Wildman–Crippen LogP) is 1.78. The lowest BCUT2D eigenvalue weighted by molar-refractivity contribution is 0.425. The van der Waals surface area contributed by atoms with Gasteiger partial charge in [0.2, 0.25) is 0 Å². The summed E-state index contributed by atoms with van der Waals surface area (Å²) in [6.07, 6.45) is 1.14. The molecule has 0 radical (unpaired) electrons. The van der Waals surface area contributed by atoms with Gasteiger partial charge in [0.25, 0.3) is 0 Å². The molecule has 0 aliphatic heterocycles. The van der Waals surface area contributed by atoms with Crippen LogP contribution in [0.1, 0.15) is 25.8 Å². The van der Waals surface area contributed by atoms with Crippen LogP contribution in [0.3, 0.4) is 0 Å². The van der Waals surface area contributed by atoms with Gasteiger partial charge in [-0.05, 0) is 34.8 Å². The van der Waals surface area contributed by atoms with E-state index in [1.54, 1.807) is 17.8 Å². The Morgan fingerprint density at radius 3 is 2.65 bits per heavy atom. The summed E-state index contributed by atoms with van der Waals surface area (Å²) in [5, 5.41) is 18.0. The van der Waals surface area contributed by atoms with Crippen LogP contribution < -0.4 is 5.46 Å². The van der Waals surface area contributed by atoms with E-state index in [9.17, 15) is 4.39 Å². The number of thioether (sulfide) groups is 1. The van der Waals surface area contributed by atoms with Gasteiger partial charge in [0.15, 0.2) is 0 Å². The second kappa shape index (κ2) is 7.04. The molecule has 2 nitrogen and oxygen atoms in total. The maximum Gasteiger partial charge on any atom is 0.488 e. The Morgan fingerprint density at radius 1 is 1.35 bits per heavy atom. The number of hydrogen-bond acceptors (Lipinski definition) is 3. The number of benzene rings is 1. The summed E-state index contributed by atoms with van der Waals surface area (Å²) in [6, 6.07) is 4.22. The van der Waals surface area contributed by atoms with Crippen LogP contribution in [0.25, 0.3) is 0 Å². The fraction of sp³-hybridized carbons (Fsp3) is 0.500. The first-order valence-corrected chi connectivity index (χ1v) is 6.91. The lowest BCUT2D eigenvalue weighted by Crippen LogP contribution is -2.30. The third-order valence-corrected chi connectivity index (χ3v) is 3.99. The van der Waals surface area contributed by atoms with Gasteiger partial charge in [0, 0.05) is 5.75 Å². The molecule has 0 amide bonds. The highest BCUT2D eigenvalue weighted by Gasteiger charge is 2.13. The molecule has 1 rings (SSSR count). The van der Waals surface area contributed by atoms with Gasteiger partial charge in [-0.1, -0.05) is 26.3 Å². The molecular weight excluding hydrogens is 238 g/mol. The zero-order valence-electron chi connectivity index (χ0n) is 10.2. The molecule has 1 aromatic rings. The molecule has 0 spiro atoms. The molecule has 0 fully saturated rings. The van der Waals surface area contributed by atoms with E-state index in [0.717, 1.165) is 23.8 Å². The molecule has 0 aromatic heterocycles. The van der Waals surface area contributed by atoms with Crippen molar-refractivity contribution in [2.45, 2.75) is 26.0 Å². The molecule has 0 heterocycles. The van der Waals surface area contributed by atoms with Crippen molar-refractivity contribution in [1.82, 2.24) is 0 Å². The van der Waals surface area contributed by atoms with E-state index >= 15 is 0 Å². The topological polar surface area (TPSA) is 40.5 Å². The first kappa shape index (κ1) is 14.5.